The third kappa shape index (κ3) is 1.95. The third-order valence-corrected chi connectivity index (χ3v) is 2.57. The molecule has 1 N–H and O–H groups in total. The summed E-state index contributed by atoms with van der Waals surface area (Å²) in [4.78, 5) is 0. The van der Waals surface area contributed by atoms with Crippen LogP contribution in [-0.2, 0) is 0 Å². The van der Waals surface area contributed by atoms with Crippen LogP contribution in [0.5, 0.6) is 5.75 Å². The molecule has 0 amide bonds. The lowest BCUT2D eigenvalue weighted by atomic mass is 10.0. The van der Waals surface area contributed by atoms with Gasteiger partial charge in [0.15, 0.2) is 0 Å². The molecule has 0 spiro atoms. The van der Waals surface area contributed by atoms with Crippen LogP contribution in [0.1, 0.15) is 17.4 Å². The standard InChI is InChI=1S/C13H15NO2/c1-14-13(12-8-5-9-16-12)10-6-3-4-7-11(10)15-2/h3-9,13-14H,1-2H3/t13-/m0/s1. The van der Waals surface area contributed by atoms with Crippen LogP contribution in [0.3, 0.4) is 0 Å². The first-order valence-corrected chi connectivity index (χ1v) is 5.20. The predicted octanol–water partition coefficient (Wildman–Crippen LogP) is 2.60. The molecule has 3 heteroatoms. The van der Waals surface area contributed by atoms with Gasteiger partial charge in [0.2, 0.25) is 0 Å². The minimum atomic E-state index is 0.0196. The van der Waals surface area contributed by atoms with Gasteiger partial charge in [-0.3, -0.25) is 0 Å². The minimum Gasteiger partial charge on any atom is -0.496 e. The highest BCUT2D eigenvalue weighted by molar-refractivity contribution is 5.39. The first-order valence-electron chi connectivity index (χ1n) is 5.20. The van der Waals surface area contributed by atoms with Gasteiger partial charge < -0.3 is 14.5 Å². The average molecular weight is 217 g/mol. The van der Waals surface area contributed by atoms with E-state index < -0.39 is 0 Å². The van der Waals surface area contributed by atoms with Gasteiger partial charge in [-0.2, -0.15) is 0 Å². The van der Waals surface area contributed by atoms with Gasteiger partial charge in [0.05, 0.1) is 19.4 Å². The molecule has 1 aromatic carbocycles. The van der Waals surface area contributed by atoms with Crippen LogP contribution in [0, 0.1) is 0 Å². The normalized spacial score (nSPS) is 12.4. The summed E-state index contributed by atoms with van der Waals surface area (Å²) in [6.07, 6.45) is 1.68. The van der Waals surface area contributed by atoms with Gasteiger partial charge in [-0.1, -0.05) is 18.2 Å². The van der Waals surface area contributed by atoms with Crippen molar-refractivity contribution in [3.05, 3.63) is 54.0 Å². The van der Waals surface area contributed by atoms with Crippen molar-refractivity contribution >= 4 is 0 Å². The number of rotatable bonds is 4. The molecule has 16 heavy (non-hydrogen) atoms. The lowest BCUT2D eigenvalue weighted by Gasteiger charge is -2.17. The topological polar surface area (TPSA) is 34.4 Å². The summed E-state index contributed by atoms with van der Waals surface area (Å²) in [6, 6.07) is 11.8. The van der Waals surface area contributed by atoms with E-state index in [0.717, 1.165) is 17.1 Å². The number of para-hydroxylation sites is 1. The summed E-state index contributed by atoms with van der Waals surface area (Å²) in [5, 5.41) is 3.22. The summed E-state index contributed by atoms with van der Waals surface area (Å²) < 4.78 is 10.8. The van der Waals surface area contributed by atoms with E-state index in [1.807, 2.05) is 43.4 Å². The number of methoxy groups -OCH3 is 1. The average Bonchev–Trinajstić information content (AvgIpc) is 2.84. The van der Waals surface area contributed by atoms with Crippen LogP contribution in [0.4, 0.5) is 0 Å². The second-order valence-electron chi connectivity index (χ2n) is 3.48. The van der Waals surface area contributed by atoms with Crippen molar-refractivity contribution in [3.63, 3.8) is 0 Å². The lowest BCUT2D eigenvalue weighted by molar-refractivity contribution is 0.397. The fraction of sp³-hybridized carbons (Fsp3) is 0.231. The zero-order valence-corrected chi connectivity index (χ0v) is 9.44. The van der Waals surface area contributed by atoms with E-state index in [1.165, 1.54) is 0 Å². The summed E-state index contributed by atoms with van der Waals surface area (Å²) in [5.74, 6) is 1.74. The minimum absolute atomic E-state index is 0.0196. The Labute approximate surface area is 95.0 Å². The molecule has 2 aromatic rings. The second kappa shape index (κ2) is 4.86. The highest BCUT2D eigenvalue weighted by Gasteiger charge is 2.17. The van der Waals surface area contributed by atoms with Crippen molar-refractivity contribution in [2.45, 2.75) is 6.04 Å². The van der Waals surface area contributed by atoms with Gasteiger partial charge in [-0.05, 0) is 25.2 Å². The van der Waals surface area contributed by atoms with Crippen molar-refractivity contribution in [2.75, 3.05) is 14.2 Å². The Morgan fingerprint density at radius 2 is 2.00 bits per heavy atom. The van der Waals surface area contributed by atoms with E-state index in [9.17, 15) is 0 Å². The maximum absolute atomic E-state index is 5.42. The molecule has 84 valence electrons. The summed E-state index contributed by atoms with van der Waals surface area (Å²) in [7, 11) is 3.58. The van der Waals surface area contributed by atoms with Crippen molar-refractivity contribution in [2.24, 2.45) is 0 Å². The van der Waals surface area contributed by atoms with E-state index in [-0.39, 0.29) is 6.04 Å². The highest BCUT2D eigenvalue weighted by Crippen LogP contribution is 2.29. The molecule has 1 heterocycles. The van der Waals surface area contributed by atoms with E-state index in [2.05, 4.69) is 5.32 Å². The first-order chi connectivity index (χ1) is 7.86. The van der Waals surface area contributed by atoms with E-state index in [0.29, 0.717) is 0 Å². The number of benzene rings is 1. The lowest BCUT2D eigenvalue weighted by Crippen LogP contribution is -2.17. The van der Waals surface area contributed by atoms with Gasteiger partial charge in [0, 0.05) is 5.56 Å². The smallest absolute Gasteiger partial charge is 0.125 e. The van der Waals surface area contributed by atoms with Gasteiger partial charge in [-0.25, -0.2) is 0 Å². The Balaban J connectivity index is 2.41. The quantitative estimate of drug-likeness (QED) is 0.854. The Bertz CT molecular complexity index is 437. The first kappa shape index (κ1) is 10.8. The van der Waals surface area contributed by atoms with E-state index >= 15 is 0 Å². The van der Waals surface area contributed by atoms with Crippen LogP contribution in [0.15, 0.2) is 47.1 Å². The number of hydrogen-bond acceptors (Lipinski definition) is 3. The molecule has 0 saturated heterocycles. The van der Waals surface area contributed by atoms with Crippen molar-refractivity contribution in [1.82, 2.24) is 5.32 Å². The highest BCUT2D eigenvalue weighted by atomic mass is 16.5. The van der Waals surface area contributed by atoms with Crippen molar-refractivity contribution in [1.29, 1.82) is 0 Å². The van der Waals surface area contributed by atoms with Crippen LogP contribution in [0.2, 0.25) is 0 Å². The molecule has 0 aliphatic carbocycles. The van der Waals surface area contributed by atoms with Crippen molar-refractivity contribution < 1.29 is 9.15 Å². The third-order valence-electron chi connectivity index (χ3n) is 2.57. The molecule has 1 aromatic heterocycles. The van der Waals surface area contributed by atoms with E-state index in [4.69, 9.17) is 9.15 Å². The molecule has 0 bridgehead atoms. The molecule has 0 radical (unpaired) electrons. The molecular weight excluding hydrogens is 202 g/mol. The van der Waals surface area contributed by atoms with Gasteiger partial charge >= 0.3 is 0 Å². The molecular formula is C13H15NO2. The second-order valence-corrected chi connectivity index (χ2v) is 3.48. The molecule has 0 aliphatic heterocycles. The fourth-order valence-electron chi connectivity index (χ4n) is 1.81. The zero-order chi connectivity index (χ0) is 11.4. The maximum atomic E-state index is 5.42. The Morgan fingerprint density at radius 1 is 1.19 bits per heavy atom. The summed E-state index contributed by atoms with van der Waals surface area (Å²) in [5.41, 5.74) is 1.07. The molecule has 2 rings (SSSR count). The Kier molecular flexibility index (Phi) is 3.27. The fourth-order valence-corrected chi connectivity index (χ4v) is 1.81. The number of nitrogens with one attached hydrogen (secondary N) is 1. The molecule has 0 saturated carbocycles. The van der Waals surface area contributed by atoms with E-state index in [1.54, 1.807) is 13.4 Å². The Morgan fingerprint density at radius 3 is 2.62 bits per heavy atom. The Hall–Kier alpha value is -1.74. The van der Waals surface area contributed by atoms with Crippen LogP contribution < -0.4 is 10.1 Å². The largest absolute Gasteiger partial charge is 0.496 e. The predicted molar refractivity (Wildman–Crippen MR) is 62.6 cm³/mol. The van der Waals surface area contributed by atoms with Crippen LogP contribution in [0.25, 0.3) is 0 Å². The van der Waals surface area contributed by atoms with Crippen molar-refractivity contribution in [3.8, 4) is 5.75 Å². The van der Waals surface area contributed by atoms with Gasteiger partial charge in [0.1, 0.15) is 11.5 Å². The van der Waals surface area contributed by atoms with Crippen LogP contribution in [-0.4, -0.2) is 14.2 Å². The number of hydrogen-bond donors (Lipinski definition) is 1. The maximum Gasteiger partial charge on any atom is 0.125 e. The number of ether oxygens (including phenoxy) is 1. The van der Waals surface area contributed by atoms with Gasteiger partial charge in [0.25, 0.3) is 0 Å². The molecule has 0 fully saturated rings. The SMILES string of the molecule is CN[C@H](c1ccco1)c1ccccc1OC. The monoisotopic (exact) mass is 217 g/mol. The van der Waals surface area contributed by atoms with Crippen LogP contribution >= 0.6 is 0 Å². The molecule has 0 aliphatic rings. The number of furan rings is 1. The molecule has 3 nitrogen and oxygen atoms in total. The summed E-state index contributed by atoms with van der Waals surface area (Å²) >= 11 is 0. The van der Waals surface area contributed by atoms with Gasteiger partial charge in [-0.15, -0.1) is 0 Å². The molecule has 0 unspecified atom stereocenters. The molecule has 1 atom stereocenters. The zero-order valence-electron chi connectivity index (χ0n) is 9.44. The summed E-state index contributed by atoms with van der Waals surface area (Å²) in [6.45, 7) is 0.